The third-order valence-electron chi connectivity index (χ3n) is 4.79. The molecule has 3 N–H and O–H groups in total. The average Bonchev–Trinajstić information content (AvgIpc) is 2.64. The molecule has 1 aromatic rings. The lowest BCUT2D eigenvalue weighted by Crippen LogP contribution is -2.31. The number of aliphatic hydroxyl groups is 3. The van der Waals surface area contributed by atoms with Gasteiger partial charge in [0.1, 0.15) is 5.76 Å². The van der Waals surface area contributed by atoms with Crippen LogP contribution in [-0.4, -0.2) is 39.1 Å². The molecule has 1 aromatic carbocycles. The quantitative estimate of drug-likeness (QED) is 0.255. The first-order valence-electron chi connectivity index (χ1n) is 8.84. The molecule has 27 heavy (non-hydrogen) atoms. The molecule has 0 atom stereocenters. The van der Waals surface area contributed by atoms with Gasteiger partial charge >= 0.3 is 0 Å². The van der Waals surface area contributed by atoms with Crippen molar-refractivity contribution in [2.24, 2.45) is 5.18 Å². The van der Waals surface area contributed by atoms with Crippen LogP contribution in [-0.2, 0) is 31.0 Å². The normalized spacial score (nSPS) is 14.8. The number of hydrogen-bond acceptors (Lipinski definition) is 7. The van der Waals surface area contributed by atoms with E-state index in [-0.39, 0.29) is 43.5 Å². The molecule has 1 heterocycles. The van der Waals surface area contributed by atoms with Crippen LogP contribution in [0.3, 0.4) is 0 Å². The van der Waals surface area contributed by atoms with E-state index in [4.69, 9.17) is 0 Å². The fraction of sp³-hybridized carbons (Fsp3) is 0.526. The standard InChI is InChI=1S/C19H26N2O5.ClH/c1-13(24)19(20-26)18(25)4-2-3-6-21-7-5-14-8-16(11-22)17(12-23)9-15(14)10-21;/h8-9,22-23,25H,2-7,10-12H2,1H3;1H. The van der Waals surface area contributed by atoms with Crippen molar-refractivity contribution < 1.29 is 20.1 Å². The zero-order chi connectivity index (χ0) is 19.1. The maximum absolute atomic E-state index is 11.2. The number of nitroso groups, excluding NO2 is 1. The molecular formula is C19H27ClN2O5. The van der Waals surface area contributed by atoms with E-state index in [1.54, 1.807) is 0 Å². The lowest BCUT2D eigenvalue weighted by molar-refractivity contribution is -0.113. The Kier molecular flexibility index (Phi) is 9.59. The van der Waals surface area contributed by atoms with Crippen LogP contribution in [0.25, 0.3) is 0 Å². The monoisotopic (exact) mass is 398 g/mol. The van der Waals surface area contributed by atoms with E-state index in [0.29, 0.717) is 6.42 Å². The van der Waals surface area contributed by atoms with Gasteiger partial charge in [-0.05, 0) is 53.2 Å². The number of benzene rings is 1. The number of carbonyl (C=O) groups excluding carboxylic acids is 1. The molecule has 8 heteroatoms. The van der Waals surface area contributed by atoms with Crippen molar-refractivity contribution in [2.45, 2.75) is 52.4 Å². The van der Waals surface area contributed by atoms with Crippen molar-refractivity contribution >= 4 is 18.2 Å². The van der Waals surface area contributed by atoms with Gasteiger partial charge in [0.15, 0.2) is 11.5 Å². The first kappa shape index (κ1) is 23.2. The number of halogens is 1. The highest BCUT2D eigenvalue weighted by molar-refractivity contribution is 5.93. The summed E-state index contributed by atoms with van der Waals surface area (Å²) < 4.78 is 0. The number of fused-ring (bicyclic) bond motifs is 1. The number of rotatable bonds is 9. The average molecular weight is 399 g/mol. The Bertz CT molecular complexity index is 706. The Hall–Kier alpha value is -1.80. The highest BCUT2D eigenvalue weighted by Crippen LogP contribution is 2.24. The van der Waals surface area contributed by atoms with Gasteiger partial charge in [-0.2, -0.15) is 0 Å². The van der Waals surface area contributed by atoms with Crippen LogP contribution in [0.1, 0.15) is 48.4 Å². The largest absolute Gasteiger partial charge is 0.510 e. The minimum Gasteiger partial charge on any atom is -0.510 e. The second-order valence-corrected chi connectivity index (χ2v) is 6.63. The summed E-state index contributed by atoms with van der Waals surface area (Å²) in [6.07, 6.45) is 2.64. The summed E-state index contributed by atoms with van der Waals surface area (Å²) >= 11 is 0. The zero-order valence-electron chi connectivity index (χ0n) is 15.5. The summed E-state index contributed by atoms with van der Waals surface area (Å²) in [4.78, 5) is 24.0. The number of hydrogen-bond donors (Lipinski definition) is 3. The summed E-state index contributed by atoms with van der Waals surface area (Å²) in [5.74, 6) is -0.757. The highest BCUT2D eigenvalue weighted by atomic mass is 35.5. The Labute approximate surface area is 165 Å². The summed E-state index contributed by atoms with van der Waals surface area (Å²) in [7, 11) is 0. The summed E-state index contributed by atoms with van der Waals surface area (Å²) in [6.45, 7) is 3.59. The Morgan fingerprint density at radius 1 is 1.15 bits per heavy atom. The summed E-state index contributed by atoms with van der Waals surface area (Å²) in [5.41, 5.74) is 3.55. The van der Waals surface area contributed by atoms with Crippen molar-refractivity contribution in [1.29, 1.82) is 0 Å². The van der Waals surface area contributed by atoms with Crippen LogP contribution in [0.5, 0.6) is 0 Å². The van der Waals surface area contributed by atoms with Crippen molar-refractivity contribution in [3.05, 3.63) is 50.7 Å². The zero-order valence-corrected chi connectivity index (χ0v) is 16.3. The molecule has 0 aromatic heterocycles. The second kappa shape index (κ2) is 11.1. The Morgan fingerprint density at radius 3 is 2.33 bits per heavy atom. The van der Waals surface area contributed by atoms with Crippen LogP contribution < -0.4 is 0 Å². The summed E-state index contributed by atoms with van der Waals surface area (Å²) in [5, 5.41) is 31.2. The number of aliphatic hydroxyl groups excluding tert-OH is 3. The molecule has 0 unspecified atom stereocenters. The van der Waals surface area contributed by atoms with Gasteiger partial charge in [-0.15, -0.1) is 17.3 Å². The molecular weight excluding hydrogens is 372 g/mol. The predicted octanol–water partition coefficient (Wildman–Crippen LogP) is 2.75. The van der Waals surface area contributed by atoms with E-state index in [1.807, 2.05) is 12.1 Å². The van der Waals surface area contributed by atoms with E-state index in [1.165, 1.54) is 18.1 Å². The first-order valence-corrected chi connectivity index (χ1v) is 8.84. The molecule has 150 valence electrons. The molecule has 1 aliphatic rings. The first-order chi connectivity index (χ1) is 12.5. The third kappa shape index (κ3) is 6.10. The van der Waals surface area contributed by atoms with Gasteiger partial charge < -0.3 is 15.3 Å². The Balaban J connectivity index is 0.00000364. The molecule has 0 saturated heterocycles. The van der Waals surface area contributed by atoms with Crippen molar-refractivity contribution in [3.63, 3.8) is 0 Å². The molecule has 0 radical (unpaired) electrons. The third-order valence-corrected chi connectivity index (χ3v) is 4.79. The number of carbonyl (C=O) groups is 1. The molecule has 0 amide bonds. The van der Waals surface area contributed by atoms with Gasteiger partial charge in [-0.1, -0.05) is 12.1 Å². The predicted molar refractivity (Wildman–Crippen MR) is 104 cm³/mol. The minimum atomic E-state index is -0.521. The molecule has 1 aliphatic heterocycles. The van der Waals surface area contributed by atoms with Crippen LogP contribution in [0.2, 0.25) is 0 Å². The number of Topliss-reactive ketones (excluding diaryl/α,β-unsaturated/α-hetero) is 1. The van der Waals surface area contributed by atoms with Gasteiger partial charge in [0.25, 0.3) is 0 Å². The van der Waals surface area contributed by atoms with Crippen molar-refractivity contribution in [3.8, 4) is 0 Å². The van der Waals surface area contributed by atoms with E-state index in [9.17, 15) is 25.0 Å². The number of ketones is 1. The van der Waals surface area contributed by atoms with Gasteiger partial charge in [0.05, 0.1) is 13.2 Å². The van der Waals surface area contributed by atoms with Crippen LogP contribution in [0, 0.1) is 4.91 Å². The number of nitrogens with zero attached hydrogens (tertiary/aromatic N) is 2. The van der Waals surface area contributed by atoms with E-state index < -0.39 is 5.78 Å². The number of allylic oxidation sites excluding steroid dienone is 2. The molecule has 0 bridgehead atoms. The van der Waals surface area contributed by atoms with Gasteiger partial charge in [-0.3, -0.25) is 9.69 Å². The molecule has 0 saturated carbocycles. The molecule has 2 rings (SSSR count). The van der Waals surface area contributed by atoms with Crippen LogP contribution >= 0.6 is 12.4 Å². The summed E-state index contributed by atoms with van der Waals surface area (Å²) in [6, 6.07) is 3.95. The van der Waals surface area contributed by atoms with Gasteiger partial charge in [-0.25, -0.2) is 0 Å². The van der Waals surface area contributed by atoms with E-state index >= 15 is 0 Å². The molecule has 7 nitrogen and oxygen atoms in total. The second-order valence-electron chi connectivity index (χ2n) is 6.63. The number of unbranched alkanes of at least 4 members (excludes halogenated alkanes) is 1. The van der Waals surface area contributed by atoms with E-state index in [0.717, 1.165) is 43.6 Å². The minimum absolute atomic E-state index is 0. The van der Waals surface area contributed by atoms with Crippen LogP contribution in [0.15, 0.2) is 28.8 Å². The fourth-order valence-electron chi connectivity index (χ4n) is 3.32. The lowest BCUT2D eigenvalue weighted by Gasteiger charge is -2.29. The van der Waals surface area contributed by atoms with Crippen molar-refractivity contribution in [1.82, 2.24) is 4.90 Å². The maximum Gasteiger partial charge on any atom is 0.187 e. The van der Waals surface area contributed by atoms with Gasteiger partial charge in [0, 0.05) is 26.4 Å². The topological polar surface area (TPSA) is 110 Å². The fourth-order valence-corrected chi connectivity index (χ4v) is 3.32. The molecule has 0 aliphatic carbocycles. The molecule has 0 spiro atoms. The van der Waals surface area contributed by atoms with Crippen LogP contribution in [0.4, 0.5) is 0 Å². The van der Waals surface area contributed by atoms with Gasteiger partial charge in [0.2, 0.25) is 0 Å². The highest BCUT2D eigenvalue weighted by Gasteiger charge is 2.18. The Morgan fingerprint density at radius 2 is 1.78 bits per heavy atom. The van der Waals surface area contributed by atoms with E-state index in [2.05, 4.69) is 10.1 Å². The lowest BCUT2D eigenvalue weighted by atomic mass is 9.93. The SMILES string of the molecule is CC(=O)C(N=O)=C(O)CCCCN1CCc2cc(CO)c(CO)cc2C1.Cl. The van der Waals surface area contributed by atoms with Crippen molar-refractivity contribution in [2.75, 3.05) is 13.1 Å². The smallest absolute Gasteiger partial charge is 0.187 e. The maximum atomic E-state index is 11.2. The molecule has 0 fully saturated rings.